The fraction of sp³-hybridized carbons (Fsp3) is 0.304. The van der Waals surface area contributed by atoms with E-state index >= 15 is 0 Å². The maximum atomic E-state index is 13.4. The number of nitrogens with zero attached hydrogens (tertiary/aromatic N) is 5. The summed E-state index contributed by atoms with van der Waals surface area (Å²) < 4.78 is 52.7. The van der Waals surface area contributed by atoms with Gasteiger partial charge in [0.25, 0.3) is 0 Å². The summed E-state index contributed by atoms with van der Waals surface area (Å²) in [6.07, 6.45) is 1.30. The molecule has 0 radical (unpaired) electrons. The number of benzene rings is 1. The van der Waals surface area contributed by atoms with Gasteiger partial charge in [-0.1, -0.05) is 26.2 Å². The van der Waals surface area contributed by atoms with Crippen molar-refractivity contribution in [1.29, 1.82) is 0 Å². The number of aromatic nitrogens is 5. The van der Waals surface area contributed by atoms with Crippen LogP contribution in [-0.2, 0) is 6.18 Å². The van der Waals surface area contributed by atoms with Gasteiger partial charge in [-0.2, -0.15) is 17.7 Å². The monoisotopic (exact) mass is 527 g/mol. The molecule has 1 aromatic carbocycles. The zero-order chi connectivity index (χ0) is 24.1. The van der Waals surface area contributed by atoms with Gasteiger partial charge in [0.15, 0.2) is 5.65 Å². The van der Waals surface area contributed by atoms with Crippen molar-refractivity contribution in [1.82, 2.24) is 24.8 Å². The minimum absolute atomic E-state index is 0. The Balaban J connectivity index is 0.00000342. The lowest BCUT2D eigenvalue weighted by molar-refractivity contribution is -0.137. The highest BCUT2D eigenvalue weighted by molar-refractivity contribution is 6.28. The molecule has 0 aliphatic rings. The molecule has 4 aromatic rings. The quantitative estimate of drug-likeness (QED) is 0.217. The van der Waals surface area contributed by atoms with Crippen molar-refractivity contribution >= 4 is 29.7 Å². The fourth-order valence-corrected chi connectivity index (χ4v) is 3.43. The summed E-state index contributed by atoms with van der Waals surface area (Å²) in [5.41, 5.74) is 0.489. The zero-order valence-corrected chi connectivity index (χ0v) is 20.2. The summed E-state index contributed by atoms with van der Waals surface area (Å²) >= 11 is 5.94. The molecule has 0 amide bonds. The lowest BCUT2D eigenvalue weighted by atomic mass is 10.0. The highest BCUT2D eigenvalue weighted by Gasteiger charge is 2.31. The van der Waals surface area contributed by atoms with Crippen LogP contribution in [0.4, 0.5) is 13.2 Å². The van der Waals surface area contributed by atoms with Crippen molar-refractivity contribution in [3.05, 3.63) is 59.5 Å². The molecule has 0 saturated carbocycles. The van der Waals surface area contributed by atoms with Gasteiger partial charge >= 0.3 is 6.18 Å². The average molecular weight is 528 g/mol. The van der Waals surface area contributed by atoms with Crippen LogP contribution in [0.5, 0.6) is 17.5 Å². The number of unbranched alkanes of at least 4 members (excludes halogenated alkanes) is 3. The SMILES string of the molecule is CCCCCCOc1ccc(-c2ccc(C(F)(F)F)cc2Oc2ccc3nnc(Cl)n3n2)cn1.Cl. The van der Waals surface area contributed by atoms with Crippen LogP contribution >= 0.6 is 24.0 Å². The van der Waals surface area contributed by atoms with Crippen LogP contribution in [0.1, 0.15) is 38.2 Å². The number of halogens is 5. The highest BCUT2D eigenvalue weighted by atomic mass is 35.5. The molecule has 0 fully saturated rings. The van der Waals surface area contributed by atoms with E-state index in [1.54, 1.807) is 18.2 Å². The Hall–Kier alpha value is -3.11. The summed E-state index contributed by atoms with van der Waals surface area (Å²) in [4.78, 5) is 4.28. The first-order valence-corrected chi connectivity index (χ1v) is 11.1. The molecule has 0 N–H and O–H groups in total. The Kier molecular flexibility index (Phi) is 8.74. The number of hydrogen-bond donors (Lipinski definition) is 0. The predicted molar refractivity (Wildman–Crippen MR) is 127 cm³/mol. The maximum absolute atomic E-state index is 13.4. The average Bonchev–Trinajstić information content (AvgIpc) is 3.19. The summed E-state index contributed by atoms with van der Waals surface area (Å²) in [6.45, 7) is 2.69. The minimum Gasteiger partial charge on any atom is -0.478 e. The Bertz CT molecular complexity index is 1270. The van der Waals surface area contributed by atoms with E-state index in [2.05, 4.69) is 27.2 Å². The Morgan fingerprint density at radius 2 is 1.77 bits per heavy atom. The van der Waals surface area contributed by atoms with E-state index in [1.807, 2.05) is 0 Å². The van der Waals surface area contributed by atoms with Crippen LogP contribution in [0.2, 0.25) is 5.28 Å². The minimum atomic E-state index is -4.54. The fourth-order valence-electron chi connectivity index (χ4n) is 3.27. The van der Waals surface area contributed by atoms with Gasteiger partial charge in [0.05, 0.1) is 12.2 Å². The lowest BCUT2D eigenvalue weighted by Crippen LogP contribution is -2.05. The molecular formula is C23H22Cl2F3N5O2. The van der Waals surface area contributed by atoms with Gasteiger partial charge in [0.1, 0.15) is 5.75 Å². The first-order chi connectivity index (χ1) is 16.3. The second-order valence-corrected chi connectivity index (χ2v) is 7.85. The lowest BCUT2D eigenvalue weighted by Gasteiger charge is -2.14. The Morgan fingerprint density at radius 1 is 0.971 bits per heavy atom. The van der Waals surface area contributed by atoms with E-state index in [1.165, 1.54) is 22.8 Å². The standard InChI is InChI=1S/C23H21ClF3N5O2.ClH/c1-2-3-4-5-12-33-20-10-6-15(14-28-20)17-8-7-16(23(25,26)27)13-18(17)34-21-11-9-19-29-30-22(24)32(19)31-21;/h6-11,13-14H,2-5,12H2,1H3;1H. The van der Waals surface area contributed by atoms with Crippen molar-refractivity contribution in [2.45, 2.75) is 38.8 Å². The van der Waals surface area contributed by atoms with Gasteiger partial charge in [-0.25, -0.2) is 4.98 Å². The van der Waals surface area contributed by atoms with E-state index in [-0.39, 0.29) is 29.3 Å². The number of hydrogen-bond acceptors (Lipinski definition) is 6. The van der Waals surface area contributed by atoms with E-state index in [0.717, 1.165) is 37.8 Å². The third kappa shape index (κ3) is 6.52. The number of pyridine rings is 1. The van der Waals surface area contributed by atoms with Crippen LogP contribution in [0.15, 0.2) is 48.7 Å². The molecule has 35 heavy (non-hydrogen) atoms. The number of ether oxygens (including phenoxy) is 2. The van der Waals surface area contributed by atoms with Crippen molar-refractivity contribution in [2.75, 3.05) is 6.61 Å². The van der Waals surface area contributed by atoms with Crippen LogP contribution in [-0.4, -0.2) is 31.4 Å². The first-order valence-electron chi connectivity index (χ1n) is 10.7. The molecule has 3 aromatic heterocycles. The van der Waals surface area contributed by atoms with Crippen molar-refractivity contribution in [3.8, 4) is 28.6 Å². The molecule has 0 aliphatic heterocycles. The van der Waals surface area contributed by atoms with Crippen molar-refractivity contribution in [3.63, 3.8) is 0 Å². The largest absolute Gasteiger partial charge is 0.478 e. The second-order valence-electron chi connectivity index (χ2n) is 7.52. The highest BCUT2D eigenvalue weighted by Crippen LogP contribution is 2.39. The summed E-state index contributed by atoms with van der Waals surface area (Å²) in [5.74, 6) is 0.430. The van der Waals surface area contributed by atoms with Gasteiger partial charge in [-0.15, -0.1) is 27.7 Å². The van der Waals surface area contributed by atoms with Crippen molar-refractivity contribution in [2.24, 2.45) is 0 Å². The van der Waals surface area contributed by atoms with Crippen LogP contribution in [0.3, 0.4) is 0 Å². The van der Waals surface area contributed by atoms with Crippen LogP contribution in [0, 0.1) is 0 Å². The molecule has 0 saturated heterocycles. The van der Waals surface area contributed by atoms with E-state index < -0.39 is 11.7 Å². The second kappa shape index (κ2) is 11.5. The molecule has 186 valence electrons. The van der Waals surface area contributed by atoms with E-state index in [9.17, 15) is 13.2 Å². The van der Waals surface area contributed by atoms with Gasteiger partial charge in [-0.05, 0) is 48.4 Å². The van der Waals surface area contributed by atoms with Crippen LogP contribution < -0.4 is 9.47 Å². The van der Waals surface area contributed by atoms with Gasteiger partial charge < -0.3 is 9.47 Å². The van der Waals surface area contributed by atoms with Gasteiger partial charge in [0.2, 0.25) is 17.0 Å². The molecule has 0 aliphatic carbocycles. The van der Waals surface area contributed by atoms with Crippen LogP contribution in [0.25, 0.3) is 16.8 Å². The third-order valence-electron chi connectivity index (χ3n) is 5.02. The molecule has 0 spiro atoms. The normalized spacial score (nSPS) is 11.3. The molecule has 7 nitrogen and oxygen atoms in total. The van der Waals surface area contributed by atoms with Gasteiger partial charge in [-0.3, -0.25) is 0 Å². The first kappa shape index (κ1) is 26.5. The number of rotatable bonds is 9. The predicted octanol–water partition coefficient (Wildman–Crippen LogP) is 7.03. The molecule has 4 rings (SSSR count). The molecular weight excluding hydrogens is 506 g/mol. The zero-order valence-electron chi connectivity index (χ0n) is 18.6. The third-order valence-corrected chi connectivity index (χ3v) is 5.25. The molecule has 0 bridgehead atoms. The molecule has 12 heteroatoms. The number of fused-ring (bicyclic) bond motifs is 1. The summed E-state index contributed by atoms with van der Waals surface area (Å²) in [6, 6.07) is 9.67. The van der Waals surface area contributed by atoms with Gasteiger partial charge in [0, 0.05) is 29.5 Å². The topological polar surface area (TPSA) is 74.4 Å². The van der Waals surface area contributed by atoms with Crippen molar-refractivity contribution < 1.29 is 22.6 Å². The summed E-state index contributed by atoms with van der Waals surface area (Å²) in [5, 5.41) is 11.7. The number of alkyl halides is 3. The van der Waals surface area contributed by atoms with E-state index in [0.29, 0.717) is 29.3 Å². The summed E-state index contributed by atoms with van der Waals surface area (Å²) in [7, 11) is 0. The Labute approximate surface area is 210 Å². The van der Waals surface area contributed by atoms with E-state index in [4.69, 9.17) is 21.1 Å². The smallest absolute Gasteiger partial charge is 0.416 e. The molecule has 0 unspecified atom stereocenters. The maximum Gasteiger partial charge on any atom is 0.416 e. The molecule has 0 atom stereocenters. The Morgan fingerprint density at radius 3 is 2.49 bits per heavy atom. The molecule has 3 heterocycles.